The van der Waals surface area contributed by atoms with Crippen LogP contribution in [-0.4, -0.2) is 32.0 Å². The minimum absolute atomic E-state index is 0.133. The third-order valence-corrected chi connectivity index (χ3v) is 4.93. The molecule has 0 atom stereocenters. The van der Waals surface area contributed by atoms with Crippen LogP contribution in [0.1, 0.15) is 32.6 Å². The van der Waals surface area contributed by atoms with Gasteiger partial charge in [0.25, 0.3) is 0 Å². The molecule has 1 spiro atoms. The molecule has 3 rings (SSSR count). The van der Waals surface area contributed by atoms with E-state index in [2.05, 4.69) is 5.32 Å². The van der Waals surface area contributed by atoms with Crippen LogP contribution < -0.4 is 10.1 Å². The molecule has 0 aromatic heterocycles. The molecule has 1 aromatic carbocycles. The Morgan fingerprint density at radius 2 is 1.91 bits per heavy atom. The van der Waals surface area contributed by atoms with Crippen LogP contribution in [0.4, 0.5) is 5.69 Å². The van der Waals surface area contributed by atoms with Gasteiger partial charge in [-0.2, -0.15) is 0 Å². The Morgan fingerprint density at radius 1 is 1.26 bits per heavy atom. The number of hydrogen-bond acceptors (Lipinski definition) is 4. The molecule has 1 aromatic rings. The van der Waals surface area contributed by atoms with E-state index in [4.69, 9.17) is 25.8 Å². The molecule has 1 aliphatic heterocycles. The maximum atomic E-state index is 12.6. The number of nitrogens with one attached hydrogen (secondary N) is 1. The number of benzene rings is 1. The third kappa shape index (κ3) is 3.32. The highest BCUT2D eigenvalue weighted by Gasteiger charge is 2.47. The molecule has 1 aliphatic carbocycles. The lowest BCUT2D eigenvalue weighted by Gasteiger charge is -2.42. The van der Waals surface area contributed by atoms with E-state index < -0.39 is 11.2 Å². The van der Waals surface area contributed by atoms with Gasteiger partial charge in [-0.25, -0.2) is 0 Å². The summed E-state index contributed by atoms with van der Waals surface area (Å²) in [5.74, 6) is -0.0154. The summed E-state index contributed by atoms with van der Waals surface area (Å²) in [7, 11) is 1.55. The van der Waals surface area contributed by atoms with Gasteiger partial charge in [0.15, 0.2) is 5.79 Å². The number of hydrogen-bond donors (Lipinski definition) is 1. The Bertz CT molecular complexity index is 588. The van der Waals surface area contributed by atoms with Crippen molar-refractivity contribution >= 4 is 23.2 Å². The molecule has 23 heavy (non-hydrogen) atoms. The summed E-state index contributed by atoms with van der Waals surface area (Å²) in [5, 5.41) is 3.34. The summed E-state index contributed by atoms with van der Waals surface area (Å²) in [6, 6.07) is 5.15. The fourth-order valence-corrected chi connectivity index (χ4v) is 3.28. The Labute approximate surface area is 141 Å². The summed E-state index contributed by atoms with van der Waals surface area (Å²) >= 11 is 6.09. The normalized spacial score (nSPS) is 22.0. The zero-order chi connectivity index (χ0) is 16.5. The highest BCUT2D eigenvalue weighted by molar-refractivity contribution is 6.32. The van der Waals surface area contributed by atoms with Crippen molar-refractivity contribution in [2.24, 2.45) is 5.41 Å². The average Bonchev–Trinajstić information content (AvgIpc) is 2.99. The molecule has 1 N–H and O–H groups in total. The first-order valence-corrected chi connectivity index (χ1v) is 8.27. The van der Waals surface area contributed by atoms with Crippen LogP contribution in [0.2, 0.25) is 5.02 Å². The van der Waals surface area contributed by atoms with Crippen LogP contribution in [0, 0.1) is 5.41 Å². The topological polar surface area (TPSA) is 56.8 Å². The molecule has 2 aliphatic rings. The van der Waals surface area contributed by atoms with Crippen molar-refractivity contribution in [1.82, 2.24) is 0 Å². The van der Waals surface area contributed by atoms with Crippen LogP contribution >= 0.6 is 11.6 Å². The van der Waals surface area contributed by atoms with Gasteiger partial charge in [0.05, 0.1) is 30.8 Å². The lowest BCUT2D eigenvalue weighted by Crippen LogP contribution is -2.52. The number of amides is 1. The van der Waals surface area contributed by atoms with Gasteiger partial charge in [-0.05, 0) is 38.0 Å². The van der Waals surface area contributed by atoms with E-state index in [1.54, 1.807) is 25.3 Å². The molecule has 1 heterocycles. The number of carbonyl (C=O) groups is 1. The summed E-state index contributed by atoms with van der Waals surface area (Å²) in [5.41, 5.74) is -0.0801. The number of ether oxygens (including phenoxy) is 3. The Hall–Kier alpha value is -1.30. The largest absolute Gasteiger partial charge is 0.495 e. The number of anilines is 1. The molecule has 1 amide bonds. The average molecular weight is 340 g/mol. The van der Waals surface area contributed by atoms with Gasteiger partial charge in [-0.15, -0.1) is 0 Å². The summed E-state index contributed by atoms with van der Waals surface area (Å²) in [4.78, 5) is 12.6. The fourth-order valence-electron chi connectivity index (χ4n) is 3.02. The van der Waals surface area contributed by atoms with Gasteiger partial charge in [0, 0.05) is 18.5 Å². The summed E-state index contributed by atoms with van der Waals surface area (Å²) < 4.78 is 17.0. The van der Waals surface area contributed by atoms with Crippen molar-refractivity contribution in [2.45, 2.75) is 38.4 Å². The predicted octanol–water partition coefficient (Wildman–Crippen LogP) is 3.61. The Morgan fingerprint density at radius 3 is 2.48 bits per heavy atom. The second-order valence-electron chi connectivity index (χ2n) is 6.56. The molecule has 0 unspecified atom stereocenters. The SMILES string of the molecule is COc1ccc(NC(=O)C2(C)COC3(CCCC3)OC2)cc1Cl. The van der Waals surface area contributed by atoms with Gasteiger partial charge in [-0.3, -0.25) is 4.79 Å². The van der Waals surface area contributed by atoms with E-state index in [0.29, 0.717) is 29.7 Å². The van der Waals surface area contributed by atoms with Gasteiger partial charge in [-0.1, -0.05) is 11.6 Å². The second-order valence-corrected chi connectivity index (χ2v) is 6.97. The lowest BCUT2D eigenvalue weighted by atomic mass is 9.90. The van der Waals surface area contributed by atoms with Crippen LogP contribution in [0.15, 0.2) is 18.2 Å². The van der Waals surface area contributed by atoms with Crippen LogP contribution in [0.5, 0.6) is 5.75 Å². The number of halogens is 1. The minimum atomic E-state index is -0.708. The van der Waals surface area contributed by atoms with E-state index in [1.165, 1.54) is 0 Å². The number of rotatable bonds is 3. The number of carbonyl (C=O) groups excluding carboxylic acids is 1. The molecule has 1 saturated heterocycles. The lowest BCUT2D eigenvalue weighted by molar-refractivity contribution is -0.291. The maximum absolute atomic E-state index is 12.6. The van der Waals surface area contributed by atoms with E-state index in [1.807, 2.05) is 6.92 Å². The van der Waals surface area contributed by atoms with Crippen molar-refractivity contribution in [3.8, 4) is 5.75 Å². The quantitative estimate of drug-likeness (QED) is 0.914. The molecular formula is C17H22ClNO4. The Kier molecular flexibility index (Phi) is 4.54. The van der Waals surface area contributed by atoms with E-state index in [-0.39, 0.29) is 5.91 Å². The molecule has 0 radical (unpaired) electrons. The van der Waals surface area contributed by atoms with Crippen LogP contribution in [0.3, 0.4) is 0 Å². The van der Waals surface area contributed by atoms with Gasteiger partial charge < -0.3 is 19.5 Å². The summed E-state index contributed by atoms with van der Waals surface area (Å²) in [6.07, 6.45) is 4.07. The van der Waals surface area contributed by atoms with Gasteiger partial charge in [0.2, 0.25) is 5.91 Å². The molecule has 5 nitrogen and oxygen atoms in total. The van der Waals surface area contributed by atoms with Crippen LogP contribution in [0.25, 0.3) is 0 Å². The predicted molar refractivity (Wildman–Crippen MR) is 87.8 cm³/mol. The highest BCUT2D eigenvalue weighted by atomic mass is 35.5. The molecule has 126 valence electrons. The van der Waals surface area contributed by atoms with Gasteiger partial charge in [0.1, 0.15) is 5.75 Å². The van der Waals surface area contributed by atoms with Gasteiger partial charge >= 0.3 is 0 Å². The molecular weight excluding hydrogens is 318 g/mol. The van der Waals surface area contributed by atoms with Crippen molar-refractivity contribution in [2.75, 3.05) is 25.6 Å². The van der Waals surface area contributed by atoms with E-state index in [9.17, 15) is 4.79 Å². The van der Waals surface area contributed by atoms with E-state index >= 15 is 0 Å². The zero-order valence-corrected chi connectivity index (χ0v) is 14.2. The van der Waals surface area contributed by atoms with Crippen molar-refractivity contribution in [3.05, 3.63) is 23.2 Å². The first kappa shape index (κ1) is 16.6. The van der Waals surface area contributed by atoms with Crippen molar-refractivity contribution < 1.29 is 19.0 Å². The maximum Gasteiger partial charge on any atom is 0.234 e. The molecule has 1 saturated carbocycles. The summed E-state index contributed by atoms with van der Waals surface area (Å²) in [6.45, 7) is 2.58. The molecule has 0 bridgehead atoms. The monoisotopic (exact) mass is 339 g/mol. The van der Waals surface area contributed by atoms with Crippen molar-refractivity contribution in [1.29, 1.82) is 0 Å². The van der Waals surface area contributed by atoms with E-state index in [0.717, 1.165) is 25.7 Å². The number of methoxy groups -OCH3 is 1. The second kappa shape index (κ2) is 6.30. The zero-order valence-electron chi connectivity index (χ0n) is 13.5. The first-order valence-electron chi connectivity index (χ1n) is 7.89. The Balaban J connectivity index is 1.65. The fraction of sp³-hybridized carbons (Fsp3) is 0.588. The first-order chi connectivity index (χ1) is 11.0. The molecule has 2 fully saturated rings. The smallest absolute Gasteiger partial charge is 0.234 e. The third-order valence-electron chi connectivity index (χ3n) is 4.63. The highest BCUT2D eigenvalue weighted by Crippen LogP contribution is 2.41. The van der Waals surface area contributed by atoms with Crippen LogP contribution in [-0.2, 0) is 14.3 Å². The standard InChI is InChI=1S/C17H22ClNO4/c1-16(10-22-17(23-11-16)7-3-4-8-17)15(20)19-12-5-6-14(21-2)13(18)9-12/h5-6,9H,3-4,7-8,10-11H2,1-2H3,(H,19,20). The minimum Gasteiger partial charge on any atom is -0.495 e. The molecule has 6 heteroatoms. The van der Waals surface area contributed by atoms with Crippen molar-refractivity contribution in [3.63, 3.8) is 0 Å².